The Morgan fingerprint density at radius 2 is 1.92 bits per heavy atom. The fraction of sp³-hybridized carbons (Fsp3) is 0.250. The number of ketones is 1. The zero-order chi connectivity index (χ0) is 18.3. The van der Waals surface area contributed by atoms with Crippen LogP contribution in [-0.4, -0.2) is 40.3 Å². The Morgan fingerprint density at radius 3 is 2.65 bits per heavy atom. The minimum Gasteiger partial charge on any atom is -0.358 e. The highest BCUT2D eigenvalue weighted by Crippen LogP contribution is 2.30. The number of nitrogens with zero attached hydrogens (tertiary/aromatic N) is 2. The number of fused-ring (bicyclic) bond motifs is 3. The van der Waals surface area contributed by atoms with E-state index in [-0.39, 0.29) is 11.5 Å². The molecule has 0 radical (unpaired) electrons. The van der Waals surface area contributed by atoms with Gasteiger partial charge in [-0.15, -0.1) is 0 Å². The van der Waals surface area contributed by atoms with E-state index in [4.69, 9.17) is 0 Å². The van der Waals surface area contributed by atoms with E-state index >= 15 is 0 Å². The first-order chi connectivity index (χ1) is 12.5. The van der Waals surface area contributed by atoms with Gasteiger partial charge in [0.2, 0.25) is 5.78 Å². The number of hydrogen-bond donors (Lipinski definition) is 1. The predicted molar refractivity (Wildman–Crippen MR) is 99.1 cm³/mol. The van der Waals surface area contributed by atoms with Crippen LogP contribution in [0, 0.1) is 10.1 Å². The molecule has 1 aromatic heterocycles. The third kappa shape index (κ3) is 2.88. The van der Waals surface area contributed by atoms with E-state index in [0.29, 0.717) is 16.6 Å². The van der Waals surface area contributed by atoms with Crippen molar-refractivity contribution in [3.05, 3.63) is 75.5 Å². The van der Waals surface area contributed by atoms with Crippen LogP contribution in [0.3, 0.4) is 0 Å². The molecule has 0 saturated carbocycles. The van der Waals surface area contributed by atoms with Gasteiger partial charge in [0.1, 0.15) is 13.1 Å². The second-order valence-electron chi connectivity index (χ2n) is 7.26. The van der Waals surface area contributed by atoms with E-state index in [0.717, 1.165) is 25.0 Å². The molecule has 0 amide bonds. The van der Waals surface area contributed by atoms with E-state index in [1.165, 1.54) is 28.8 Å². The number of aromatic nitrogens is 1. The lowest BCUT2D eigenvalue weighted by Crippen LogP contribution is -2.50. The van der Waals surface area contributed by atoms with Gasteiger partial charge < -0.3 is 9.47 Å². The van der Waals surface area contributed by atoms with Crippen molar-refractivity contribution in [1.29, 1.82) is 0 Å². The van der Waals surface area contributed by atoms with Gasteiger partial charge in [-0.25, -0.2) is 0 Å². The number of Topliss-reactive ketones (excluding diaryl/α,β-unsaturated/α-hetero) is 1. The van der Waals surface area contributed by atoms with Gasteiger partial charge in [0.05, 0.1) is 18.5 Å². The summed E-state index contributed by atoms with van der Waals surface area (Å²) in [6.07, 6.45) is 0.911. The molecule has 3 aromatic rings. The van der Waals surface area contributed by atoms with Gasteiger partial charge in [-0.05, 0) is 18.2 Å². The summed E-state index contributed by atoms with van der Waals surface area (Å²) in [5.74, 6) is 0.0192. The van der Waals surface area contributed by atoms with Gasteiger partial charge >= 0.3 is 0 Å². The molecule has 0 unspecified atom stereocenters. The summed E-state index contributed by atoms with van der Waals surface area (Å²) in [5, 5.41) is 12.0. The van der Waals surface area contributed by atoms with Crippen molar-refractivity contribution in [2.75, 3.05) is 20.1 Å². The van der Waals surface area contributed by atoms with Crippen molar-refractivity contribution in [2.24, 2.45) is 0 Å². The van der Waals surface area contributed by atoms with Crippen molar-refractivity contribution in [2.45, 2.75) is 13.0 Å². The van der Waals surface area contributed by atoms with Crippen LogP contribution < -0.4 is 0 Å². The summed E-state index contributed by atoms with van der Waals surface area (Å²) in [5.41, 5.74) is 4.24. The molecule has 2 aromatic carbocycles. The molecule has 0 saturated heterocycles. The maximum absolute atomic E-state index is 12.7. The number of benzene rings is 2. The number of carbonyl (C=O) groups excluding carboxylic acids is 1. The van der Waals surface area contributed by atoms with Crippen molar-refractivity contribution < 1.29 is 14.2 Å². The number of quaternary nitrogens is 1. The molecule has 0 spiro atoms. The lowest BCUT2D eigenvalue weighted by atomic mass is 10.0. The monoisotopic (exact) mass is 350 g/mol. The van der Waals surface area contributed by atoms with Crippen LogP contribution in [0.4, 0.5) is 5.69 Å². The summed E-state index contributed by atoms with van der Waals surface area (Å²) >= 11 is 0. The quantitative estimate of drug-likeness (QED) is 0.339. The topological polar surface area (TPSA) is 76.0 Å². The number of nitrogens with one attached hydrogen (secondary N) is 1. The van der Waals surface area contributed by atoms with Gasteiger partial charge in [0.25, 0.3) is 5.69 Å². The van der Waals surface area contributed by atoms with Crippen molar-refractivity contribution in [1.82, 2.24) is 4.98 Å². The first-order valence-electron chi connectivity index (χ1n) is 8.65. The summed E-state index contributed by atoms with van der Waals surface area (Å²) in [7, 11) is 2.11. The average molecular weight is 350 g/mol. The van der Waals surface area contributed by atoms with Crippen molar-refractivity contribution in [3.8, 4) is 0 Å². The summed E-state index contributed by atoms with van der Waals surface area (Å²) in [6, 6.07) is 14.1. The number of likely N-dealkylation sites (N-methyl/N-ethyl adjacent to an activating group) is 1. The maximum atomic E-state index is 12.7. The number of rotatable bonds is 4. The number of aromatic amines is 1. The summed E-state index contributed by atoms with van der Waals surface area (Å²) < 4.78 is 0.644. The number of carbonyl (C=O) groups is 1. The predicted octanol–water partition coefficient (Wildman–Crippen LogP) is 3.46. The van der Waals surface area contributed by atoms with Gasteiger partial charge in [-0.2, -0.15) is 0 Å². The van der Waals surface area contributed by atoms with Crippen LogP contribution >= 0.6 is 0 Å². The maximum Gasteiger partial charge on any atom is 0.269 e. The van der Waals surface area contributed by atoms with Gasteiger partial charge in [0.15, 0.2) is 0 Å². The fourth-order valence-corrected chi connectivity index (χ4v) is 3.83. The minimum absolute atomic E-state index is 0.00310. The molecule has 4 rings (SSSR count). The Hall–Kier alpha value is -2.99. The second-order valence-corrected chi connectivity index (χ2v) is 7.26. The van der Waals surface area contributed by atoms with Crippen LogP contribution in [0.5, 0.6) is 0 Å². The molecule has 1 atom stereocenters. The smallest absolute Gasteiger partial charge is 0.269 e. The Balaban J connectivity index is 1.56. The largest absolute Gasteiger partial charge is 0.358 e. The van der Waals surface area contributed by atoms with Crippen LogP contribution in [0.1, 0.15) is 21.6 Å². The van der Waals surface area contributed by atoms with Gasteiger partial charge in [0, 0.05) is 46.3 Å². The third-order valence-electron chi connectivity index (χ3n) is 5.27. The number of hydrogen-bond acceptors (Lipinski definition) is 3. The van der Waals surface area contributed by atoms with E-state index < -0.39 is 4.92 Å². The molecule has 6 heteroatoms. The first-order valence-corrected chi connectivity index (χ1v) is 8.65. The van der Waals surface area contributed by atoms with E-state index in [2.05, 4.69) is 24.2 Å². The zero-order valence-electron chi connectivity index (χ0n) is 14.6. The average Bonchev–Trinajstić information content (AvgIpc) is 2.99. The number of para-hydroxylation sites is 1. The standard InChI is InChI=1S/C20H20N3O3/c1-23(13-20(24)14-6-8-15(9-7-14)22(25)26)11-10-19-17(12-23)16-4-2-3-5-18(16)21-19/h2-9,21H,10-13H2,1H3/q+1/t23-/m1/s1. The van der Waals surface area contributed by atoms with Crippen molar-refractivity contribution in [3.63, 3.8) is 0 Å². The molecule has 2 heterocycles. The molecule has 1 aliphatic rings. The molecule has 0 bridgehead atoms. The Kier molecular flexibility index (Phi) is 3.85. The molecule has 0 aliphatic carbocycles. The fourth-order valence-electron chi connectivity index (χ4n) is 3.83. The highest BCUT2D eigenvalue weighted by Gasteiger charge is 2.33. The number of nitro benzene ring substituents is 1. The zero-order valence-corrected chi connectivity index (χ0v) is 14.6. The molecule has 132 valence electrons. The van der Waals surface area contributed by atoms with Gasteiger partial charge in [-0.3, -0.25) is 14.9 Å². The van der Waals surface area contributed by atoms with E-state index in [1.807, 2.05) is 12.1 Å². The van der Waals surface area contributed by atoms with Crippen LogP contribution in [0.25, 0.3) is 10.9 Å². The normalized spacial score (nSPS) is 19.3. The molecule has 26 heavy (non-hydrogen) atoms. The molecule has 0 fully saturated rings. The molecular formula is C20H20N3O3+. The Labute approximate surface area is 150 Å². The summed E-state index contributed by atoms with van der Waals surface area (Å²) in [4.78, 5) is 26.5. The lowest BCUT2D eigenvalue weighted by Gasteiger charge is -2.37. The van der Waals surface area contributed by atoms with Crippen LogP contribution in [0.2, 0.25) is 0 Å². The number of nitro groups is 1. The minimum atomic E-state index is -0.453. The third-order valence-corrected chi connectivity index (χ3v) is 5.27. The number of non-ortho nitro benzene ring substituents is 1. The molecule has 6 nitrogen and oxygen atoms in total. The molecule has 1 aliphatic heterocycles. The summed E-state index contributed by atoms with van der Waals surface area (Å²) in [6.45, 7) is 2.08. The highest BCUT2D eigenvalue weighted by molar-refractivity contribution is 5.97. The SMILES string of the molecule is C[N@@+]1(CC(=O)c2ccc([N+](=O)[O-])cc2)CCc2[nH]c3ccccc3c2C1. The van der Waals surface area contributed by atoms with E-state index in [1.54, 1.807) is 12.1 Å². The van der Waals surface area contributed by atoms with Crippen LogP contribution in [0.15, 0.2) is 48.5 Å². The van der Waals surface area contributed by atoms with Gasteiger partial charge in [-0.1, -0.05) is 18.2 Å². The highest BCUT2D eigenvalue weighted by atomic mass is 16.6. The molecule has 1 N–H and O–H groups in total. The first kappa shape index (κ1) is 16.5. The molecular weight excluding hydrogens is 330 g/mol. The Bertz CT molecular complexity index is 1010. The Morgan fingerprint density at radius 1 is 1.19 bits per heavy atom. The van der Waals surface area contributed by atoms with Crippen molar-refractivity contribution >= 4 is 22.4 Å². The number of H-pyrrole nitrogens is 1. The second kappa shape index (κ2) is 6.07. The van der Waals surface area contributed by atoms with E-state index in [9.17, 15) is 14.9 Å². The lowest BCUT2D eigenvalue weighted by molar-refractivity contribution is -0.916. The van der Waals surface area contributed by atoms with Crippen LogP contribution in [-0.2, 0) is 13.0 Å².